The van der Waals surface area contributed by atoms with E-state index in [1.807, 2.05) is 0 Å². The zero-order chi connectivity index (χ0) is 11.5. The van der Waals surface area contributed by atoms with Crippen LogP contribution in [0.25, 0.3) is 0 Å². The molecule has 0 aliphatic rings. The van der Waals surface area contributed by atoms with Gasteiger partial charge in [-0.3, -0.25) is 4.79 Å². The van der Waals surface area contributed by atoms with Gasteiger partial charge >= 0.3 is 0 Å². The Morgan fingerprint density at radius 3 is 2.80 bits per heavy atom. The van der Waals surface area contributed by atoms with E-state index in [2.05, 4.69) is 10.5 Å². The maximum absolute atomic E-state index is 11.1. The monoisotopic (exact) mass is 217 g/mol. The van der Waals surface area contributed by atoms with E-state index in [0.717, 1.165) is 25.9 Å². The Balaban J connectivity index is 3.32. The number of nitrogens with two attached hydrogens (primary N) is 1. The Kier molecular flexibility index (Phi) is 8.46. The van der Waals surface area contributed by atoms with Gasteiger partial charge < -0.3 is 21.0 Å². The van der Waals surface area contributed by atoms with Crippen LogP contribution < -0.4 is 11.1 Å². The largest absolute Gasteiger partial charge is 0.409 e. The lowest BCUT2D eigenvalue weighted by atomic mass is 10.2. The third-order valence-electron chi connectivity index (χ3n) is 1.82. The molecule has 6 heteroatoms. The second kappa shape index (κ2) is 9.26. The fraction of sp³-hybridized carbons (Fsp3) is 0.778. The standard InChI is InChI=1S/C9H19N3O3/c1-15-6-4-2-3-5-11-9(13)7-8(10)12-14/h14H,2-7H2,1H3,(H2,10,12)(H,11,13). The number of methoxy groups -OCH3 is 1. The minimum atomic E-state index is -0.225. The molecule has 88 valence electrons. The van der Waals surface area contributed by atoms with Crippen molar-refractivity contribution in [2.45, 2.75) is 25.7 Å². The molecule has 0 atom stereocenters. The number of amides is 1. The van der Waals surface area contributed by atoms with Crippen molar-refractivity contribution in [2.24, 2.45) is 10.9 Å². The number of oxime groups is 1. The van der Waals surface area contributed by atoms with Gasteiger partial charge in [0.1, 0.15) is 5.84 Å². The van der Waals surface area contributed by atoms with Crippen molar-refractivity contribution in [3.8, 4) is 0 Å². The molecule has 0 saturated heterocycles. The molecule has 0 saturated carbocycles. The summed E-state index contributed by atoms with van der Waals surface area (Å²) in [5.41, 5.74) is 5.17. The van der Waals surface area contributed by atoms with Crippen molar-refractivity contribution < 1.29 is 14.7 Å². The number of nitrogens with zero attached hydrogens (tertiary/aromatic N) is 1. The molecule has 0 spiro atoms. The molecule has 6 nitrogen and oxygen atoms in total. The fourth-order valence-corrected chi connectivity index (χ4v) is 1.04. The van der Waals surface area contributed by atoms with Crippen LogP contribution in [-0.4, -0.2) is 37.2 Å². The average Bonchev–Trinajstić information content (AvgIpc) is 2.23. The van der Waals surface area contributed by atoms with Crippen LogP contribution >= 0.6 is 0 Å². The molecule has 0 aliphatic heterocycles. The summed E-state index contributed by atoms with van der Waals surface area (Å²) in [5, 5.41) is 13.6. The normalized spacial score (nSPS) is 11.4. The van der Waals surface area contributed by atoms with Crippen molar-refractivity contribution in [3.05, 3.63) is 0 Å². The minimum absolute atomic E-state index is 0.0609. The molecule has 0 aromatic heterocycles. The second-order valence-electron chi connectivity index (χ2n) is 3.17. The van der Waals surface area contributed by atoms with Gasteiger partial charge in [-0.15, -0.1) is 0 Å². The van der Waals surface area contributed by atoms with Crippen LogP contribution in [0.1, 0.15) is 25.7 Å². The second-order valence-corrected chi connectivity index (χ2v) is 3.17. The van der Waals surface area contributed by atoms with E-state index in [0.29, 0.717) is 6.54 Å². The van der Waals surface area contributed by atoms with Crippen molar-refractivity contribution in [2.75, 3.05) is 20.3 Å². The SMILES string of the molecule is COCCCCCNC(=O)CC(N)=NO. The topological polar surface area (TPSA) is 96.9 Å². The highest BCUT2D eigenvalue weighted by Gasteiger charge is 2.03. The van der Waals surface area contributed by atoms with Crippen molar-refractivity contribution >= 4 is 11.7 Å². The van der Waals surface area contributed by atoms with Crippen LogP contribution in [0, 0.1) is 0 Å². The molecule has 0 aromatic carbocycles. The molecular formula is C9H19N3O3. The number of nitrogens with one attached hydrogen (secondary N) is 1. The van der Waals surface area contributed by atoms with Gasteiger partial charge in [-0.05, 0) is 19.3 Å². The van der Waals surface area contributed by atoms with Crippen LogP contribution in [0.2, 0.25) is 0 Å². The maximum atomic E-state index is 11.1. The number of ether oxygens (including phenoxy) is 1. The summed E-state index contributed by atoms with van der Waals surface area (Å²) in [6, 6.07) is 0. The smallest absolute Gasteiger partial charge is 0.227 e. The first kappa shape index (κ1) is 13.7. The predicted octanol–water partition coefficient (Wildman–Crippen LogP) is 0.0558. The Morgan fingerprint density at radius 1 is 1.47 bits per heavy atom. The van der Waals surface area contributed by atoms with Gasteiger partial charge in [0.15, 0.2) is 0 Å². The number of rotatable bonds is 8. The van der Waals surface area contributed by atoms with Crippen LogP contribution in [0.5, 0.6) is 0 Å². The highest BCUT2D eigenvalue weighted by atomic mass is 16.5. The van der Waals surface area contributed by atoms with E-state index >= 15 is 0 Å². The first-order valence-corrected chi connectivity index (χ1v) is 4.92. The number of hydrogen-bond acceptors (Lipinski definition) is 4. The molecule has 4 N–H and O–H groups in total. The Hall–Kier alpha value is -1.30. The van der Waals surface area contributed by atoms with Gasteiger partial charge in [-0.1, -0.05) is 5.16 Å². The van der Waals surface area contributed by atoms with Crippen LogP contribution in [-0.2, 0) is 9.53 Å². The molecule has 0 unspecified atom stereocenters. The van der Waals surface area contributed by atoms with E-state index in [1.54, 1.807) is 7.11 Å². The Morgan fingerprint density at radius 2 is 2.20 bits per heavy atom. The lowest BCUT2D eigenvalue weighted by Gasteiger charge is -2.04. The van der Waals surface area contributed by atoms with E-state index in [-0.39, 0.29) is 18.2 Å². The zero-order valence-electron chi connectivity index (χ0n) is 9.03. The molecule has 0 radical (unpaired) electrons. The number of unbranched alkanes of at least 4 members (excludes halogenated alkanes) is 2. The lowest BCUT2D eigenvalue weighted by Crippen LogP contribution is -2.29. The quantitative estimate of drug-likeness (QED) is 0.176. The van der Waals surface area contributed by atoms with Crippen molar-refractivity contribution in [1.82, 2.24) is 5.32 Å². The highest BCUT2D eigenvalue weighted by molar-refractivity contribution is 5.98. The summed E-state index contributed by atoms with van der Waals surface area (Å²) in [6.45, 7) is 1.36. The first-order valence-electron chi connectivity index (χ1n) is 4.92. The van der Waals surface area contributed by atoms with Gasteiger partial charge in [0, 0.05) is 20.3 Å². The predicted molar refractivity (Wildman–Crippen MR) is 56.8 cm³/mol. The average molecular weight is 217 g/mol. The summed E-state index contributed by atoms with van der Waals surface area (Å²) in [5.74, 6) is -0.302. The van der Waals surface area contributed by atoms with Crippen LogP contribution in [0.15, 0.2) is 5.16 Å². The fourth-order valence-electron chi connectivity index (χ4n) is 1.04. The molecule has 15 heavy (non-hydrogen) atoms. The van der Waals surface area contributed by atoms with Crippen LogP contribution in [0.4, 0.5) is 0 Å². The third-order valence-corrected chi connectivity index (χ3v) is 1.82. The van der Waals surface area contributed by atoms with Gasteiger partial charge in [0.25, 0.3) is 0 Å². The highest BCUT2D eigenvalue weighted by Crippen LogP contribution is 1.93. The number of carbonyl (C=O) groups excluding carboxylic acids is 1. The van der Waals surface area contributed by atoms with Crippen LogP contribution in [0.3, 0.4) is 0 Å². The molecular weight excluding hydrogens is 198 g/mol. The summed E-state index contributed by atoms with van der Waals surface area (Å²) in [6.07, 6.45) is 2.85. The van der Waals surface area contributed by atoms with Crippen molar-refractivity contribution in [1.29, 1.82) is 0 Å². The van der Waals surface area contributed by atoms with Gasteiger partial charge in [0.2, 0.25) is 5.91 Å². The molecule has 1 amide bonds. The Bertz CT molecular complexity index is 207. The number of amidine groups is 1. The zero-order valence-corrected chi connectivity index (χ0v) is 9.03. The van der Waals surface area contributed by atoms with E-state index < -0.39 is 0 Å². The number of hydrogen-bond donors (Lipinski definition) is 3. The van der Waals surface area contributed by atoms with E-state index in [4.69, 9.17) is 15.7 Å². The van der Waals surface area contributed by atoms with E-state index in [1.165, 1.54) is 0 Å². The van der Waals surface area contributed by atoms with Gasteiger partial charge in [-0.2, -0.15) is 0 Å². The third kappa shape index (κ3) is 9.01. The number of carbonyl (C=O) groups is 1. The van der Waals surface area contributed by atoms with E-state index in [9.17, 15) is 4.79 Å². The summed E-state index contributed by atoms with van der Waals surface area (Å²) in [7, 11) is 1.67. The molecule has 0 rings (SSSR count). The lowest BCUT2D eigenvalue weighted by molar-refractivity contribution is -0.119. The van der Waals surface area contributed by atoms with Gasteiger partial charge in [-0.25, -0.2) is 0 Å². The molecule has 0 heterocycles. The Labute approximate surface area is 89.5 Å². The maximum Gasteiger partial charge on any atom is 0.227 e. The summed E-state index contributed by atoms with van der Waals surface area (Å²) >= 11 is 0. The summed E-state index contributed by atoms with van der Waals surface area (Å²) < 4.78 is 4.89. The van der Waals surface area contributed by atoms with Crippen molar-refractivity contribution in [3.63, 3.8) is 0 Å². The molecule has 0 aliphatic carbocycles. The summed E-state index contributed by atoms with van der Waals surface area (Å²) in [4.78, 5) is 11.1. The minimum Gasteiger partial charge on any atom is -0.409 e. The molecule has 0 bridgehead atoms. The van der Waals surface area contributed by atoms with Gasteiger partial charge in [0.05, 0.1) is 6.42 Å². The molecule has 0 fully saturated rings. The first-order chi connectivity index (χ1) is 7.20. The molecule has 0 aromatic rings.